The van der Waals surface area contributed by atoms with Gasteiger partial charge in [0.05, 0.1) is 0 Å². The molecular weight excluding hydrogens is 172 g/mol. The summed E-state index contributed by atoms with van der Waals surface area (Å²) >= 11 is 0. The number of rotatable bonds is 1. The monoisotopic (exact) mass is 186 g/mol. The van der Waals surface area contributed by atoms with Gasteiger partial charge in [-0.1, -0.05) is 0 Å². The van der Waals surface area contributed by atoms with Crippen molar-refractivity contribution in [1.82, 2.24) is 0 Å². The number of carbonyl (C=O) groups excluding carboxylic acids is 2. The first-order valence-electron chi connectivity index (χ1n) is 4.31. The fraction of sp³-hybridized carbons (Fsp3) is 0.778. The van der Waals surface area contributed by atoms with Gasteiger partial charge in [-0.2, -0.15) is 0 Å². The lowest BCUT2D eigenvalue weighted by atomic mass is 10.2. The second kappa shape index (κ2) is 3.36. The first-order valence-corrected chi connectivity index (χ1v) is 4.31. The molecule has 74 valence electrons. The average Bonchev–Trinajstić information content (AvgIpc) is 2.31. The fourth-order valence-corrected chi connectivity index (χ4v) is 1.06. The van der Waals surface area contributed by atoms with Crippen molar-refractivity contribution in [2.45, 2.75) is 45.3 Å². The molecule has 1 aliphatic heterocycles. The van der Waals surface area contributed by atoms with Gasteiger partial charge in [0.15, 0.2) is 6.10 Å². The Morgan fingerprint density at radius 1 is 1.54 bits per heavy atom. The molecule has 0 aromatic carbocycles. The number of cyclic esters (lactones) is 1. The molecule has 0 saturated carbocycles. The van der Waals surface area contributed by atoms with E-state index in [0.717, 1.165) is 0 Å². The highest BCUT2D eigenvalue weighted by molar-refractivity contribution is 5.82. The van der Waals surface area contributed by atoms with Crippen LogP contribution in [-0.2, 0) is 19.1 Å². The van der Waals surface area contributed by atoms with Gasteiger partial charge in [-0.25, -0.2) is 4.79 Å². The van der Waals surface area contributed by atoms with Crippen molar-refractivity contribution in [3.63, 3.8) is 0 Å². The molecule has 0 amide bonds. The van der Waals surface area contributed by atoms with Gasteiger partial charge in [-0.3, -0.25) is 4.79 Å². The fourth-order valence-electron chi connectivity index (χ4n) is 1.06. The first kappa shape index (κ1) is 10.0. The minimum Gasteiger partial charge on any atom is -0.457 e. The van der Waals surface area contributed by atoms with Gasteiger partial charge in [-0.05, 0) is 20.8 Å². The van der Waals surface area contributed by atoms with Gasteiger partial charge in [0.2, 0.25) is 0 Å². The molecule has 1 atom stereocenters. The Balaban J connectivity index is 2.45. The predicted molar refractivity (Wildman–Crippen MR) is 45.0 cm³/mol. The summed E-state index contributed by atoms with van der Waals surface area (Å²) in [4.78, 5) is 22.0. The molecule has 0 aromatic heterocycles. The molecule has 1 saturated heterocycles. The minimum absolute atomic E-state index is 0.309. The molecular formula is C9H14O4. The summed E-state index contributed by atoms with van der Waals surface area (Å²) in [5, 5.41) is 0. The number of esters is 2. The van der Waals surface area contributed by atoms with Gasteiger partial charge < -0.3 is 9.47 Å². The third-order valence-electron chi connectivity index (χ3n) is 1.55. The third kappa shape index (κ3) is 3.05. The van der Waals surface area contributed by atoms with Crippen LogP contribution in [0.5, 0.6) is 0 Å². The minimum atomic E-state index is -0.688. The molecule has 0 aliphatic carbocycles. The van der Waals surface area contributed by atoms with Gasteiger partial charge >= 0.3 is 11.9 Å². The maximum Gasteiger partial charge on any atom is 0.347 e. The Morgan fingerprint density at radius 2 is 2.15 bits per heavy atom. The number of carbonyl (C=O) groups is 2. The van der Waals surface area contributed by atoms with Crippen LogP contribution >= 0.6 is 0 Å². The summed E-state index contributed by atoms with van der Waals surface area (Å²) in [6.07, 6.45) is 0.0595. The molecule has 0 radical (unpaired) electrons. The topological polar surface area (TPSA) is 52.6 Å². The maximum atomic E-state index is 11.3. The van der Waals surface area contributed by atoms with Crippen LogP contribution in [0.2, 0.25) is 0 Å². The molecule has 1 aliphatic rings. The van der Waals surface area contributed by atoms with E-state index in [2.05, 4.69) is 0 Å². The molecule has 1 heterocycles. The quantitative estimate of drug-likeness (QED) is 0.574. The van der Waals surface area contributed by atoms with E-state index in [1.807, 2.05) is 0 Å². The number of hydrogen-bond acceptors (Lipinski definition) is 4. The lowest BCUT2D eigenvalue weighted by Crippen LogP contribution is -2.31. The zero-order valence-corrected chi connectivity index (χ0v) is 8.12. The molecule has 1 fully saturated rings. The van der Waals surface area contributed by atoms with E-state index in [9.17, 15) is 9.59 Å². The van der Waals surface area contributed by atoms with Crippen LogP contribution in [0.15, 0.2) is 0 Å². The van der Waals surface area contributed by atoms with Gasteiger partial charge in [-0.15, -0.1) is 0 Å². The van der Waals surface area contributed by atoms with E-state index in [-0.39, 0.29) is 5.97 Å². The number of hydrogen-bond donors (Lipinski definition) is 0. The zero-order valence-electron chi connectivity index (χ0n) is 8.12. The first-order chi connectivity index (χ1) is 5.88. The Bertz CT molecular complexity index is 226. The average molecular weight is 186 g/mol. The van der Waals surface area contributed by atoms with Crippen LogP contribution in [0, 0.1) is 0 Å². The smallest absolute Gasteiger partial charge is 0.347 e. The molecule has 4 nitrogen and oxygen atoms in total. The van der Waals surface area contributed by atoms with Crippen LogP contribution < -0.4 is 0 Å². The van der Waals surface area contributed by atoms with Gasteiger partial charge in [0.1, 0.15) is 5.60 Å². The summed E-state index contributed by atoms with van der Waals surface area (Å²) in [5.41, 5.74) is -0.522. The van der Waals surface area contributed by atoms with Crippen molar-refractivity contribution in [3.8, 4) is 0 Å². The molecule has 13 heavy (non-hydrogen) atoms. The second-order valence-corrected chi connectivity index (χ2v) is 4.05. The second-order valence-electron chi connectivity index (χ2n) is 4.05. The summed E-state index contributed by atoms with van der Waals surface area (Å²) in [6.45, 7) is 5.34. The largest absolute Gasteiger partial charge is 0.457 e. The van der Waals surface area contributed by atoms with Crippen LogP contribution in [0.25, 0.3) is 0 Å². The number of ether oxygens (including phenoxy) is 2. The lowest BCUT2D eigenvalue weighted by molar-refractivity contribution is -0.170. The van der Waals surface area contributed by atoms with Crippen LogP contribution in [0.3, 0.4) is 0 Å². The SMILES string of the molecule is CC(C)(C)OC(=O)[C@H]1CCC(=O)O1. The van der Waals surface area contributed by atoms with E-state index < -0.39 is 17.7 Å². The summed E-state index contributed by atoms with van der Waals surface area (Å²) in [7, 11) is 0. The van der Waals surface area contributed by atoms with E-state index in [1.165, 1.54) is 0 Å². The van der Waals surface area contributed by atoms with Crippen molar-refractivity contribution < 1.29 is 19.1 Å². The van der Waals surface area contributed by atoms with E-state index in [0.29, 0.717) is 12.8 Å². The molecule has 4 heteroatoms. The van der Waals surface area contributed by atoms with E-state index >= 15 is 0 Å². The van der Waals surface area contributed by atoms with Crippen LogP contribution in [0.4, 0.5) is 0 Å². The molecule has 0 unspecified atom stereocenters. The highest BCUT2D eigenvalue weighted by Crippen LogP contribution is 2.18. The Hall–Kier alpha value is -1.06. The Kier molecular flexibility index (Phi) is 2.59. The van der Waals surface area contributed by atoms with Crippen molar-refractivity contribution in [1.29, 1.82) is 0 Å². The van der Waals surface area contributed by atoms with E-state index in [1.54, 1.807) is 20.8 Å². The molecule has 0 N–H and O–H groups in total. The maximum absolute atomic E-state index is 11.3. The third-order valence-corrected chi connectivity index (χ3v) is 1.55. The highest BCUT2D eigenvalue weighted by Gasteiger charge is 2.33. The molecule has 1 rings (SSSR count). The van der Waals surface area contributed by atoms with Crippen molar-refractivity contribution in [3.05, 3.63) is 0 Å². The molecule has 0 aromatic rings. The van der Waals surface area contributed by atoms with Crippen LogP contribution in [0.1, 0.15) is 33.6 Å². The Morgan fingerprint density at radius 3 is 2.54 bits per heavy atom. The van der Waals surface area contributed by atoms with Crippen LogP contribution in [-0.4, -0.2) is 23.6 Å². The molecule has 0 bridgehead atoms. The standard InChI is InChI=1S/C9H14O4/c1-9(2,3)13-8(11)6-4-5-7(10)12-6/h6H,4-5H2,1-3H3/t6-/m1/s1. The van der Waals surface area contributed by atoms with Crippen molar-refractivity contribution in [2.24, 2.45) is 0 Å². The zero-order chi connectivity index (χ0) is 10.1. The van der Waals surface area contributed by atoms with Crippen molar-refractivity contribution >= 4 is 11.9 Å². The predicted octanol–water partition coefficient (Wildman–Crippen LogP) is 1.03. The van der Waals surface area contributed by atoms with Crippen molar-refractivity contribution in [2.75, 3.05) is 0 Å². The normalized spacial score (nSPS) is 22.7. The van der Waals surface area contributed by atoms with E-state index in [4.69, 9.17) is 9.47 Å². The summed E-state index contributed by atoms with van der Waals surface area (Å²) in [5.74, 6) is -0.769. The van der Waals surface area contributed by atoms with Gasteiger partial charge in [0, 0.05) is 12.8 Å². The summed E-state index contributed by atoms with van der Waals surface area (Å²) < 4.78 is 9.81. The lowest BCUT2D eigenvalue weighted by Gasteiger charge is -2.21. The highest BCUT2D eigenvalue weighted by atomic mass is 16.6. The molecule has 0 spiro atoms. The summed E-state index contributed by atoms with van der Waals surface area (Å²) in [6, 6.07) is 0. The van der Waals surface area contributed by atoms with Gasteiger partial charge in [0.25, 0.3) is 0 Å². The Labute approximate surface area is 77.2 Å².